The molecule has 10 rings (SSSR count). The van der Waals surface area contributed by atoms with Gasteiger partial charge in [0.15, 0.2) is 17.0 Å². The zero-order chi connectivity index (χ0) is 92.9. The van der Waals surface area contributed by atoms with Crippen LogP contribution >= 0.6 is 21.6 Å². The molecule has 1 saturated heterocycles. The first-order chi connectivity index (χ1) is 62.9. The molecule has 41 nitrogen and oxygen atoms in total. The predicted octanol–water partition coefficient (Wildman–Crippen LogP) is 5.12. The highest BCUT2D eigenvalue weighted by atomic mass is 33.1. The smallest absolute Gasteiger partial charge is 0.410 e. The number of aromatic nitrogens is 6. The topological polar surface area (TPSA) is 532 Å². The fourth-order valence-corrected chi connectivity index (χ4v) is 17.0. The molecule has 6 aromatic rings. The van der Waals surface area contributed by atoms with Crippen molar-refractivity contribution in [2.75, 3.05) is 165 Å². The number of carbonyl (C=O) groups is 11. The minimum absolute atomic E-state index is 0.00236. The number of imide groups is 1. The lowest BCUT2D eigenvalue weighted by atomic mass is 10.0. The Kier molecular flexibility index (Phi) is 40.2. The van der Waals surface area contributed by atoms with E-state index in [1.54, 1.807) is 73.6 Å². The molecule has 1 saturated carbocycles. The number of aliphatic carboxylic acids is 2. The molecule has 9 amide bonds. The van der Waals surface area contributed by atoms with Crippen LogP contribution in [0.1, 0.15) is 152 Å². The van der Waals surface area contributed by atoms with Crippen molar-refractivity contribution in [2.24, 2.45) is 0 Å². The number of nitrogens with one attached hydrogen (secondary N) is 8. The van der Waals surface area contributed by atoms with E-state index in [0.717, 1.165) is 25.7 Å². The van der Waals surface area contributed by atoms with Crippen LogP contribution in [0.5, 0.6) is 5.75 Å². The van der Waals surface area contributed by atoms with E-state index in [0.29, 0.717) is 128 Å². The van der Waals surface area contributed by atoms with Gasteiger partial charge in [0.1, 0.15) is 41.7 Å². The number of piperidine rings is 1. The van der Waals surface area contributed by atoms with E-state index >= 15 is 0 Å². The summed E-state index contributed by atoms with van der Waals surface area (Å²) in [5, 5.41) is 38.7. The van der Waals surface area contributed by atoms with Gasteiger partial charge in [-0.15, -0.1) is 0 Å². The Morgan fingerprint density at radius 1 is 0.715 bits per heavy atom. The Balaban J connectivity index is 0.549. The molecular weight excluding hydrogens is 1730 g/mol. The number of ether oxygens (including phenoxy) is 9. The summed E-state index contributed by atoms with van der Waals surface area (Å²) in [6.45, 7) is 10.3. The molecule has 3 aliphatic heterocycles. The van der Waals surface area contributed by atoms with Crippen LogP contribution in [0.25, 0.3) is 11.2 Å². The van der Waals surface area contributed by atoms with E-state index in [1.165, 1.54) is 56.8 Å². The third kappa shape index (κ3) is 30.4. The number of carbonyl (C=O) groups excluding carboxylic acids is 9. The fourth-order valence-electron chi connectivity index (χ4n) is 14.3. The number of hydrogen-bond donors (Lipinski definition) is 11. The van der Waals surface area contributed by atoms with Gasteiger partial charge in [0.25, 0.3) is 23.3 Å². The maximum Gasteiger partial charge on any atom is 0.410 e. The normalized spacial score (nSPS) is 15.7. The maximum atomic E-state index is 14.0. The number of nitrogens with two attached hydrogens (primary N) is 1. The molecule has 4 aliphatic rings. The highest BCUT2D eigenvalue weighted by Gasteiger charge is 2.43. The molecule has 3 aromatic carbocycles. The summed E-state index contributed by atoms with van der Waals surface area (Å²) in [4.78, 5) is 185. The highest BCUT2D eigenvalue weighted by Crippen LogP contribution is 2.41. The Morgan fingerprint density at radius 2 is 1.39 bits per heavy atom. The molecular formula is C87H114N18O23S2. The van der Waals surface area contributed by atoms with Gasteiger partial charge in [0.2, 0.25) is 41.4 Å². The average Bonchev–Trinajstić information content (AvgIpc) is 1.46. The van der Waals surface area contributed by atoms with Crippen molar-refractivity contribution < 1.29 is 106 Å². The van der Waals surface area contributed by atoms with E-state index < -0.39 is 71.4 Å². The van der Waals surface area contributed by atoms with Crippen LogP contribution in [0.3, 0.4) is 0 Å². The molecule has 1 aliphatic carbocycles. The van der Waals surface area contributed by atoms with Crippen molar-refractivity contribution in [3.8, 4) is 17.6 Å². The van der Waals surface area contributed by atoms with Crippen molar-refractivity contribution in [1.82, 2.24) is 66.3 Å². The second-order valence-electron chi connectivity index (χ2n) is 30.7. The maximum absolute atomic E-state index is 14.0. The fraction of sp³-hybridized carbons (Fsp3) is 0.529. The number of carboxylic acid groups (broad SMARTS) is 2. The van der Waals surface area contributed by atoms with Crippen LogP contribution in [0.15, 0.2) is 77.9 Å². The third-order valence-electron chi connectivity index (χ3n) is 21.5. The minimum atomic E-state index is -1.32. The van der Waals surface area contributed by atoms with E-state index in [9.17, 15) is 67.7 Å². The zero-order valence-corrected chi connectivity index (χ0v) is 75.0. The van der Waals surface area contributed by atoms with Crippen molar-refractivity contribution in [3.05, 3.63) is 117 Å². The SMILES string of the molecule is CC[C@@H]1C(=O)N(C)c2cnc(Nc3ccc(C(=O)NCCCOCCCN(CCC#Cc4cccc5c4CN(C4CCC(=O)NC4=O)C5=O)C(=O)OC(C)C(C)SSC[C@H](NC(=O)CCOCCOCCOCCOCCOCCOCCNC(=O)CC[C@H](NC(=O)c4ccc(NCc5cnc6nc(N)[nH]c(=O)c6n5)cc4)C(=O)O)C(=O)O)cc3OC)nc2N1C1CCCC1. The average molecular weight is 1840 g/mol. The summed E-state index contributed by atoms with van der Waals surface area (Å²) in [6, 6.07) is 13.0. The number of amides is 9. The third-order valence-corrected chi connectivity index (χ3v) is 24.5. The summed E-state index contributed by atoms with van der Waals surface area (Å²) < 4.78 is 50.8. The summed E-state index contributed by atoms with van der Waals surface area (Å²) in [6.07, 6.45) is 7.64. The van der Waals surface area contributed by atoms with Gasteiger partial charge in [-0.25, -0.2) is 29.3 Å². The lowest BCUT2D eigenvalue weighted by molar-refractivity contribution is -0.141. The van der Waals surface area contributed by atoms with Gasteiger partial charge in [0.05, 0.1) is 117 Å². The first-order valence-corrected chi connectivity index (χ1v) is 45.6. The van der Waals surface area contributed by atoms with E-state index in [1.807, 2.05) is 13.8 Å². The van der Waals surface area contributed by atoms with Gasteiger partial charge >= 0.3 is 18.0 Å². The van der Waals surface area contributed by atoms with Gasteiger partial charge in [-0.05, 0) is 119 Å². The largest absolute Gasteiger partial charge is 0.495 e. The Labute approximate surface area is 759 Å². The van der Waals surface area contributed by atoms with E-state index in [2.05, 4.69) is 78.9 Å². The molecule has 6 heterocycles. The number of anilines is 6. The summed E-state index contributed by atoms with van der Waals surface area (Å²) >= 11 is 0. The van der Waals surface area contributed by atoms with Crippen molar-refractivity contribution in [3.63, 3.8) is 0 Å². The second kappa shape index (κ2) is 52.1. The van der Waals surface area contributed by atoms with Crippen LogP contribution in [-0.4, -0.2) is 295 Å². The second-order valence-corrected chi connectivity index (χ2v) is 33.5. The number of H-pyrrole nitrogens is 1. The molecule has 0 radical (unpaired) electrons. The van der Waals surface area contributed by atoms with Crippen LogP contribution < -0.4 is 63.0 Å². The molecule has 702 valence electrons. The number of nitrogen functional groups attached to an aromatic ring is 1. The molecule has 2 fully saturated rings. The first-order valence-electron chi connectivity index (χ1n) is 43.3. The number of nitrogens with zero attached hydrogens (tertiary/aromatic N) is 9. The Hall–Kier alpha value is -11.9. The number of fused-ring (bicyclic) bond motifs is 3. The number of rotatable bonds is 55. The lowest BCUT2D eigenvalue weighted by Crippen LogP contribution is -2.55. The number of hydrogen-bond acceptors (Lipinski definition) is 32. The van der Waals surface area contributed by atoms with Gasteiger partial charge in [-0.1, -0.05) is 59.3 Å². The summed E-state index contributed by atoms with van der Waals surface area (Å²) in [7, 11) is 5.75. The zero-order valence-electron chi connectivity index (χ0n) is 73.4. The Bertz CT molecular complexity index is 5000. The van der Waals surface area contributed by atoms with Gasteiger partial charge in [-0.3, -0.25) is 53.5 Å². The molecule has 130 heavy (non-hydrogen) atoms. The monoisotopic (exact) mass is 1840 g/mol. The van der Waals surface area contributed by atoms with Crippen molar-refractivity contribution >= 4 is 133 Å². The molecule has 3 unspecified atom stereocenters. The van der Waals surface area contributed by atoms with E-state index in [4.69, 9.17) is 53.3 Å². The van der Waals surface area contributed by atoms with Crippen LogP contribution in [0.4, 0.5) is 39.6 Å². The molecule has 43 heteroatoms. The molecule has 12 N–H and O–H groups in total. The standard InChI is InChI=1S/C87H114N18O23S2/c1-6-67-82(114)102(4)69-51-93-86(100-76(69)105(67)61-16-7-8-17-61)97-64-24-21-58(48-70(64)120-5)77(109)90-30-12-34-121-35-13-33-103(32-10-9-14-56-15-11-18-62-63(56)52-104(81(62)113)68-26-28-72(107)98-79(68)111)87(119)128-54(2)55(3)130-129-53-66(84(117)118)95-73(108)29-36-122-38-40-124-42-44-126-46-47-127-45-43-125-41-39-123-37-31-89-71(106)27-25-65(83(115)116)96-78(110)57-19-22-59(23-20-57)91-49-60-50-92-75-74(94-60)80(112)101-85(88)99-75/h11,15,18-24,48,50-51,54-55,61,65-68,91H,6-8,10,12-13,16-17,25-47,49,52-53H2,1-5H3,(H,89,106)(H,90,109)(H,95,108)(H,96,110)(H,115,116)(H,117,118)(H,93,97,100)(H,98,107,111)(H3,88,92,99,101,112)/t54?,55?,65-,66-,67+,68?/m0/s1. The molecule has 6 atom stereocenters. The van der Waals surface area contributed by atoms with Crippen LogP contribution in [-0.2, 0) is 84.5 Å². The number of benzene rings is 3. The van der Waals surface area contributed by atoms with Gasteiger partial charge < -0.3 is 110 Å². The first kappa shape index (κ1) is 100. The quantitative estimate of drug-likeness (QED) is 0.0102. The Morgan fingerprint density at radius 3 is 2.08 bits per heavy atom. The highest BCUT2D eigenvalue weighted by molar-refractivity contribution is 8.77. The van der Waals surface area contributed by atoms with Gasteiger partial charge in [0, 0.05) is 124 Å². The number of likely N-dealkylation sites (N-methyl/N-ethyl adjacent to an activating group) is 1. The van der Waals surface area contributed by atoms with Crippen LogP contribution in [0.2, 0.25) is 0 Å². The predicted molar refractivity (Wildman–Crippen MR) is 480 cm³/mol. The van der Waals surface area contributed by atoms with Crippen molar-refractivity contribution in [2.45, 2.75) is 159 Å². The summed E-state index contributed by atoms with van der Waals surface area (Å²) in [5.41, 5.74) is 9.65. The number of carboxylic acids is 2. The molecule has 3 aromatic heterocycles. The number of aromatic amines is 1. The van der Waals surface area contributed by atoms with Crippen molar-refractivity contribution in [1.29, 1.82) is 0 Å². The minimum Gasteiger partial charge on any atom is -0.495 e. The van der Waals surface area contributed by atoms with Gasteiger partial charge in [-0.2, -0.15) is 9.97 Å². The lowest BCUT2D eigenvalue weighted by Gasteiger charge is -2.43. The molecule has 0 spiro atoms. The molecule has 0 bridgehead atoms. The van der Waals surface area contributed by atoms with E-state index in [-0.39, 0.29) is 193 Å². The number of methoxy groups -OCH3 is 1. The van der Waals surface area contributed by atoms with Crippen LogP contribution in [0, 0.1) is 11.8 Å². The summed E-state index contributed by atoms with van der Waals surface area (Å²) in [5.74, 6) is 1.99.